The third kappa shape index (κ3) is 5.95. The first-order valence-corrected chi connectivity index (χ1v) is 10.4. The molecule has 7 nitrogen and oxygen atoms in total. The highest BCUT2D eigenvalue weighted by molar-refractivity contribution is 6.05. The minimum absolute atomic E-state index is 0.0262. The molecule has 162 valence electrons. The van der Waals surface area contributed by atoms with Crippen molar-refractivity contribution in [1.82, 2.24) is 9.55 Å². The maximum Gasteiger partial charge on any atom is 0.330 e. The summed E-state index contributed by atoms with van der Waals surface area (Å²) in [6.45, 7) is 8.78. The molecule has 1 amide bonds. The van der Waals surface area contributed by atoms with Crippen molar-refractivity contribution >= 4 is 23.5 Å². The van der Waals surface area contributed by atoms with E-state index in [1.54, 1.807) is 6.08 Å². The summed E-state index contributed by atoms with van der Waals surface area (Å²) in [4.78, 5) is 41.6. The molecular weight excluding hydrogens is 380 g/mol. The summed E-state index contributed by atoms with van der Waals surface area (Å²) in [6, 6.07) is 7.77. The Morgan fingerprint density at radius 1 is 1.30 bits per heavy atom. The molecule has 0 fully saturated rings. The van der Waals surface area contributed by atoms with E-state index in [9.17, 15) is 14.4 Å². The number of rotatable bonds is 9. The van der Waals surface area contributed by atoms with Crippen LogP contribution in [0.5, 0.6) is 0 Å². The molecule has 1 aromatic heterocycles. The van der Waals surface area contributed by atoms with Crippen LogP contribution in [0.2, 0.25) is 0 Å². The first-order chi connectivity index (χ1) is 14.2. The van der Waals surface area contributed by atoms with Gasteiger partial charge >= 0.3 is 5.69 Å². The molecule has 0 unspecified atom stereocenters. The second kappa shape index (κ2) is 10.6. The summed E-state index contributed by atoms with van der Waals surface area (Å²) < 4.78 is 1.33. The number of nitrogen functional groups attached to an aromatic ring is 1. The second-order valence-corrected chi connectivity index (χ2v) is 7.92. The van der Waals surface area contributed by atoms with Gasteiger partial charge in [-0.2, -0.15) is 0 Å². The van der Waals surface area contributed by atoms with Crippen molar-refractivity contribution in [3.05, 3.63) is 62.3 Å². The average molecular weight is 413 g/mol. The first-order valence-electron chi connectivity index (χ1n) is 10.4. The fraction of sp³-hybridized carbons (Fsp3) is 0.435. The Kier molecular flexibility index (Phi) is 8.21. The largest absolute Gasteiger partial charge is 0.383 e. The van der Waals surface area contributed by atoms with Gasteiger partial charge in [-0.05, 0) is 37.3 Å². The number of nitrogens with two attached hydrogens (primary N) is 1. The van der Waals surface area contributed by atoms with Crippen molar-refractivity contribution < 1.29 is 4.79 Å². The van der Waals surface area contributed by atoms with Gasteiger partial charge < -0.3 is 10.6 Å². The molecule has 0 radical (unpaired) electrons. The van der Waals surface area contributed by atoms with Crippen LogP contribution in [0.4, 0.5) is 11.5 Å². The molecule has 0 spiro atoms. The number of unbranched alkanes of at least 4 members (excludes halogenated alkanes) is 1. The smallest absolute Gasteiger partial charge is 0.330 e. The van der Waals surface area contributed by atoms with Gasteiger partial charge in [0.05, 0.1) is 0 Å². The summed E-state index contributed by atoms with van der Waals surface area (Å²) in [7, 11) is 0. The summed E-state index contributed by atoms with van der Waals surface area (Å²) in [5.74, 6) is 0.000614. The van der Waals surface area contributed by atoms with Crippen LogP contribution in [0.15, 0.2) is 39.9 Å². The van der Waals surface area contributed by atoms with Gasteiger partial charge in [-0.1, -0.05) is 57.0 Å². The fourth-order valence-electron chi connectivity index (χ4n) is 3.13. The van der Waals surface area contributed by atoms with Crippen molar-refractivity contribution in [2.24, 2.45) is 5.92 Å². The van der Waals surface area contributed by atoms with Crippen LogP contribution < -0.4 is 21.9 Å². The number of carbonyl (C=O) groups is 1. The molecule has 30 heavy (non-hydrogen) atoms. The number of nitrogens with zero attached hydrogens (tertiary/aromatic N) is 2. The van der Waals surface area contributed by atoms with E-state index in [4.69, 9.17) is 5.73 Å². The normalized spacial score (nSPS) is 11.4. The SMILES string of the molecule is CCCCn1c(N)c(N(CCC(C)C)C(=O)/C=C/c2cccc(C)c2)c(=O)[nH]c1=O. The number of H-pyrrole nitrogens is 1. The zero-order valence-electron chi connectivity index (χ0n) is 18.3. The zero-order chi connectivity index (χ0) is 22.3. The number of carbonyl (C=O) groups excluding carboxylic acids is 1. The lowest BCUT2D eigenvalue weighted by atomic mass is 10.1. The Morgan fingerprint density at radius 3 is 2.67 bits per heavy atom. The molecule has 0 saturated heterocycles. The van der Waals surface area contributed by atoms with Crippen LogP contribution in [0, 0.1) is 12.8 Å². The highest BCUT2D eigenvalue weighted by Gasteiger charge is 2.23. The Morgan fingerprint density at radius 2 is 2.03 bits per heavy atom. The summed E-state index contributed by atoms with van der Waals surface area (Å²) in [5, 5.41) is 0. The summed E-state index contributed by atoms with van der Waals surface area (Å²) >= 11 is 0. The van der Waals surface area contributed by atoms with Crippen molar-refractivity contribution in [2.75, 3.05) is 17.2 Å². The van der Waals surface area contributed by atoms with Crippen LogP contribution >= 0.6 is 0 Å². The number of hydrogen-bond donors (Lipinski definition) is 2. The van der Waals surface area contributed by atoms with Gasteiger partial charge in [0.25, 0.3) is 11.5 Å². The van der Waals surface area contributed by atoms with Crippen LogP contribution in [0.3, 0.4) is 0 Å². The van der Waals surface area contributed by atoms with E-state index in [1.165, 1.54) is 15.5 Å². The van der Waals surface area contributed by atoms with E-state index in [0.29, 0.717) is 25.4 Å². The molecule has 0 atom stereocenters. The molecule has 0 saturated carbocycles. The maximum atomic E-state index is 13.1. The standard InChI is InChI=1S/C23H32N4O3/c1-5-6-13-27-21(24)20(22(29)25-23(27)30)26(14-12-16(2)3)19(28)11-10-18-9-7-8-17(4)15-18/h7-11,15-16H,5-6,12-14,24H2,1-4H3,(H,25,29,30)/b11-10+. The van der Waals surface area contributed by atoms with Crippen molar-refractivity contribution in [3.63, 3.8) is 0 Å². The molecule has 3 N–H and O–H groups in total. The predicted octanol–water partition coefficient (Wildman–Crippen LogP) is 3.32. The Labute approximate surface area is 177 Å². The number of anilines is 2. The van der Waals surface area contributed by atoms with E-state index in [0.717, 1.165) is 24.0 Å². The first kappa shape index (κ1) is 23.2. The monoisotopic (exact) mass is 412 g/mol. The minimum Gasteiger partial charge on any atom is -0.383 e. The highest BCUT2D eigenvalue weighted by atomic mass is 16.2. The number of benzene rings is 1. The molecular formula is C23H32N4O3. The maximum absolute atomic E-state index is 13.1. The lowest BCUT2D eigenvalue weighted by Gasteiger charge is -2.24. The topological polar surface area (TPSA) is 101 Å². The lowest BCUT2D eigenvalue weighted by Crippen LogP contribution is -2.41. The van der Waals surface area contributed by atoms with Crippen molar-refractivity contribution in [1.29, 1.82) is 0 Å². The van der Waals surface area contributed by atoms with Crippen LogP contribution in [-0.4, -0.2) is 22.0 Å². The highest BCUT2D eigenvalue weighted by Crippen LogP contribution is 2.19. The number of nitrogens with one attached hydrogen (secondary N) is 1. The van der Waals surface area contributed by atoms with E-state index in [-0.39, 0.29) is 17.4 Å². The number of aryl methyl sites for hydroxylation is 1. The molecule has 2 rings (SSSR count). The number of amides is 1. The summed E-state index contributed by atoms with van der Waals surface area (Å²) in [6.07, 6.45) is 5.46. The van der Waals surface area contributed by atoms with Gasteiger partial charge in [-0.3, -0.25) is 19.1 Å². The van der Waals surface area contributed by atoms with Crippen LogP contribution in [-0.2, 0) is 11.3 Å². The van der Waals surface area contributed by atoms with Gasteiger partial charge in [-0.15, -0.1) is 0 Å². The number of hydrogen-bond acceptors (Lipinski definition) is 4. The fourth-order valence-corrected chi connectivity index (χ4v) is 3.13. The molecule has 0 aliphatic heterocycles. The molecule has 2 aromatic rings. The van der Waals surface area contributed by atoms with E-state index in [2.05, 4.69) is 4.98 Å². The minimum atomic E-state index is -0.647. The van der Waals surface area contributed by atoms with E-state index < -0.39 is 11.2 Å². The van der Waals surface area contributed by atoms with Gasteiger partial charge in [0.1, 0.15) is 5.82 Å². The Balaban J connectivity index is 2.47. The van der Waals surface area contributed by atoms with Gasteiger partial charge in [-0.25, -0.2) is 4.79 Å². The third-order valence-corrected chi connectivity index (χ3v) is 4.88. The van der Waals surface area contributed by atoms with Crippen LogP contribution in [0.1, 0.15) is 51.2 Å². The van der Waals surface area contributed by atoms with Crippen LogP contribution in [0.25, 0.3) is 6.08 Å². The van der Waals surface area contributed by atoms with Gasteiger partial charge in [0, 0.05) is 19.2 Å². The zero-order valence-corrected chi connectivity index (χ0v) is 18.3. The molecule has 1 heterocycles. The third-order valence-electron chi connectivity index (χ3n) is 4.88. The Hall–Kier alpha value is -3.09. The average Bonchev–Trinajstić information content (AvgIpc) is 2.68. The van der Waals surface area contributed by atoms with Crippen molar-refractivity contribution in [3.8, 4) is 0 Å². The lowest BCUT2D eigenvalue weighted by molar-refractivity contribution is -0.114. The quantitative estimate of drug-likeness (QED) is 0.617. The van der Waals surface area contributed by atoms with E-state index >= 15 is 0 Å². The molecule has 7 heteroatoms. The van der Waals surface area contributed by atoms with Gasteiger partial charge in [0.2, 0.25) is 0 Å². The Bertz CT molecular complexity index is 1020. The number of aromatic nitrogens is 2. The number of aromatic amines is 1. The van der Waals surface area contributed by atoms with Crippen molar-refractivity contribution in [2.45, 2.75) is 53.5 Å². The van der Waals surface area contributed by atoms with E-state index in [1.807, 2.05) is 52.0 Å². The van der Waals surface area contributed by atoms with Gasteiger partial charge in [0.15, 0.2) is 5.69 Å². The second-order valence-electron chi connectivity index (χ2n) is 7.92. The molecule has 0 aliphatic rings. The molecule has 0 aliphatic carbocycles. The summed E-state index contributed by atoms with van der Waals surface area (Å²) in [5.41, 5.74) is 7.03. The predicted molar refractivity (Wildman–Crippen MR) is 123 cm³/mol. The molecule has 0 bridgehead atoms. The molecule has 1 aromatic carbocycles.